The fraction of sp³-hybridized carbons (Fsp3) is 0.650. The molecule has 1 unspecified atom stereocenters. The normalized spacial score (nSPS) is 15.6. The molecular formula is C20H32F2N4O2. The Morgan fingerprint density at radius 3 is 2.64 bits per heavy atom. The third kappa shape index (κ3) is 6.82. The van der Waals surface area contributed by atoms with Gasteiger partial charge in [0.25, 0.3) is 0 Å². The number of likely N-dealkylation sites (N-methyl/N-ethyl adjacent to an activating group) is 1. The second-order valence-corrected chi connectivity index (χ2v) is 6.88. The van der Waals surface area contributed by atoms with Crippen molar-refractivity contribution in [1.29, 1.82) is 0 Å². The summed E-state index contributed by atoms with van der Waals surface area (Å²) in [6, 6.07) is 6.15. The van der Waals surface area contributed by atoms with E-state index in [0.717, 1.165) is 6.54 Å². The van der Waals surface area contributed by atoms with Crippen molar-refractivity contribution in [1.82, 2.24) is 15.5 Å². The molecule has 0 amide bonds. The number of ether oxygens (including phenoxy) is 2. The highest BCUT2D eigenvalue weighted by Gasteiger charge is 2.29. The van der Waals surface area contributed by atoms with E-state index < -0.39 is 6.61 Å². The molecule has 0 bridgehead atoms. The molecule has 0 radical (unpaired) electrons. The minimum absolute atomic E-state index is 0.0424. The fourth-order valence-corrected chi connectivity index (χ4v) is 2.91. The first kappa shape index (κ1) is 22.2. The van der Waals surface area contributed by atoms with E-state index >= 15 is 0 Å². The zero-order valence-electron chi connectivity index (χ0n) is 17.2. The number of halogens is 2. The first-order valence-corrected chi connectivity index (χ1v) is 9.89. The number of para-hydroxylation sites is 1. The van der Waals surface area contributed by atoms with Gasteiger partial charge in [-0.25, -0.2) is 4.99 Å². The summed E-state index contributed by atoms with van der Waals surface area (Å²) in [6.07, 6.45) is 2.52. The number of rotatable bonds is 11. The summed E-state index contributed by atoms with van der Waals surface area (Å²) in [5.74, 6) is 0.984. The Morgan fingerprint density at radius 2 is 2.04 bits per heavy atom. The lowest BCUT2D eigenvalue weighted by molar-refractivity contribution is -0.0520. The van der Waals surface area contributed by atoms with Gasteiger partial charge in [0.05, 0.1) is 13.2 Å². The van der Waals surface area contributed by atoms with Crippen LogP contribution in [-0.4, -0.2) is 56.3 Å². The van der Waals surface area contributed by atoms with E-state index in [9.17, 15) is 8.78 Å². The molecular weight excluding hydrogens is 366 g/mol. The number of alkyl halides is 2. The van der Waals surface area contributed by atoms with Crippen molar-refractivity contribution >= 4 is 5.96 Å². The summed E-state index contributed by atoms with van der Waals surface area (Å²) in [4.78, 5) is 6.91. The van der Waals surface area contributed by atoms with Gasteiger partial charge in [-0.3, -0.25) is 4.90 Å². The van der Waals surface area contributed by atoms with E-state index in [1.54, 1.807) is 25.1 Å². The van der Waals surface area contributed by atoms with E-state index in [2.05, 4.69) is 34.5 Å². The Morgan fingerprint density at radius 1 is 1.29 bits per heavy atom. The average Bonchev–Trinajstić information content (AvgIpc) is 3.50. The molecule has 0 spiro atoms. The van der Waals surface area contributed by atoms with Gasteiger partial charge in [-0.05, 0) is 46.7 Å². The average molecular weight is 398 g/mol. The van der Waals surface area contributed by atoms with Crippen LogP contribution in [0.5, 0.6) is 11.5 Å². The Balaban J connectivity index is 2.07. The van der Waals surface area contributed by atoms with Gasteiger partial charge in [-0.1, -0.05) is 12.1 Å². The van der Waals surface area contributed by atoms with Crippen LogP contribution >= 0.6 is 0 Å². The molecule has 0 saturated heterocycles. The van der Waals surface area contributed by atoms with Gasteiger partial charge in [-0.15, -0.1) is 0 Å². The number of hydrogen-bond donors (Lipinski definition) is 2. The van der Waals surface area contributed by atoms with Gasteiger partial charge in [0, 0.05) is 30.7 Å². The van der Waals surface area contributed by atoms with Gasteiger partial charge in [0.1, 0.15) is 0 Å². The molecule has 1 aromatic rings. The first-order chi connectivity index (χ1) is 13.5. The van der Waals surface area contributed by atoms with Crippen LogP contribution in [0.3, 0.4) is 0 Å². The zero-order chi connectivity index (χ0) is 20.5. The Labute approximate surface area is 166 Å². The molecule has 0 aromatic heterocycles. The molecule has 8 heteroatoms. The Kier molecular flexibility index (Phi) is 8.76. The molecule has 0 heterocycles. The molecule has 0 aliphatic heterocycles. The van der Waals surface area contributed by atoms with Crippen LogP contribution in [0.4, 0.5) is 8.78 Å². The van der Waals surface area contributed by atoms with Gasteiger partial charge < -0.3 is 20.1 Å². The fourth-order valence-electron chi connectivity index (χ4n) is 2.91. The van der Waals surface area contributed by atoms with Crippen molar-refractivity contribution in [2.24, 2.45) is 4.99 Å². The highest BCUT2D eigenvalue weighted by atomic mass is 19.3. The smallest absolute Gasteiger partial charge is 0.387 e. The number of hydrogen-bond acceptors (Lipinski definition) is 4. The van der Waals surface area contributed by atoms with Crippen LogP contribution in [0.25, 0.3) is 0 Å². The Hall–Kier alpha value is -2.09. The summed E-state index contributed by atoms with van der Waals surface area (Å²) in [5, 5.41) is 6.52. The van der Waals surface area contributed by atoms with Crippen molar-refractivity contribution in [3.63, 3.8) is 0 Å². The Bertz CT molecular complexity index is 639. The highest BCUT2D eigenvalue weighted by molar-refractivity contribution is 5.79. The maximum atomic E-state index is 12.9. The number of aliphatic imine (C=N–C) groups is 1. The summed E-state index contributed by atoms with van der Waals surface area (Å²) in [6.45, 7) is 5.05. The predicted molar refractivity (Wildman–Crippen MR) is 107 cm³/mol. The minimum atomic E-state index is -2.92. The number of benzene rings is 1. The van der Waals surface area contributed by atoms with Crippen molar-refractivity contribution in [3.8, 4) is 11.5 Å². The van der Waals surface area contributed by atoms with E-state index in [4.69, 9.17) is 9.47 Å². The predicted octanol–water partition coefficient (Wildman–Crippen LogP) is 3.22. The molecule has 1 aliphatic rings. The van der Waals surface area contributed by atoms with Crippen LogP contribution in [0, 0.1) is 0 Å². The summed E-state index contributed by atoms with van der Waals surface area (Å²) in [7, 11) is 2.14. The molecule has 158 valence electrons. The van der Waals surface area contributed by atoms with Crippen molar-refractivity contribution in [2.45, 2.75) is 58.9 Å². The second-order valence-electron chi connectivity index (χ2n) is 6.88. The molecule has 2 N–H and O–H groups in total. The lowest BCUT2D eigenvalue weighted by atomic mass is 10.2. The summed E-state index contributed by atoms with van der Waals surface area (Å²) >= 11 is 0. The van der Waals surface area contributed by atoms with Crippen molar-refractivity contribution in [3.05, 3.63) is 23.8 Å². The van der Waals surface area contributed by atoms with E-state index in [1.807, 2.05) is 6.92 Å². The minimum Gasteiger partial charge on any atom is -0.490 e. The van der Waals surface area contributed by atoms with Crippen LogP contribution in [0.15, 0.2) is 23.2 Å². The lowest BCUT2D eigenvalue weighted by Gasteiger charge is -2.25. The topological polar surface area (TPSA) is 58.1 Å². The molecule has 1 atom stereocenters. The largest absolute Gasteiger partial charge is 0.490 e. The van der Waals surface area contributed by atoms with Gasteiger partial charge >= 0.3 is 6.61 Å². The summed E-state index contributed by atoms with van der Waals surface area (Å²) in [5.41, 5.74) is 0.548. The zero-order valence-corrected chi connectivity index (χ0v) is 17.2. The van der Waals surface area contributed by atoms with Crippen LogP contribution in [0.1, 0.15) is 39.2 Å². The van der Waals surface area contributed by atoms with Gasteiger partial charge in [0.15, 0.2) is 17.5 Å². The van der Waals surface area contributed by atoms with E-state index in [0.29, 0.717) is 42.5 Å². The quantitative estimate of drug-likeness (QED) is 0.443. The lowest BCUT2D eigenvalue weighted by Crippen LogP contribution is -2.45. The molecule has 28 heavy (non-hydrogen) atoms. The maximum Gasteiger partial charge on any atom is 0.387 e. The molecule has 1 aliphatic carbocycles. The number of guanidine groups is 1. The summed E-state index contributed by atoms with van der Waals surface area (Å²) < 4.78 is 35.8. The van der Waals surface area contributed by atoms with Crippen LogP contribution in [-0.2, 0) is 6.54 Å². The molecule has 1 saturated carbocycles. The third-order valence-corrected chi connectivity index (χ3v) is 4.70. The first-order valence-electron chi connectivity index (χ1n) is 9.89. The SMILES string of the molecule is CCNC(=NCc1cccc(OCC)c1OC(F)F)NCC(C)N(C)C1CC1. The molecule has 1 aromatic carbocycles. The second kappa shape index (κ2) is 11.0. The van der Waals surface area contributed by atoms with Crippen molar-refractivity contribution < 1.29 is 18.3 Å². The molecule has 6 nitrogen and oxygen atoms in total. The van der Waals surface area contributed by atoms with E-state index in [-0.39, 0.29) is 12.3 Å². The van der Waals surface area contributed by atoms with Crippen molar-refractivity contribution in [2.75, 3.05) is 26.7 Å². The van der Waals surface area contributed by atoms with Crippen LogP contribution in [0.2, 0.25) is 0 Å². The van der Waals surface area contributed by atoms with Crippen LogP contribution < -0.4 is 20.1 Å². The monoisotopic (exact) mass is 398 g/mol. The maximum absolute atomic E-state index is 12.9. The third-order valence-electron chi connectivity index (χ3n) is 4.70. The number of nitrogens with zero attached hydrogens (tertiary/aromatic N) is 2. The van der Waals surface area contributed by atoms with Gasteiger partial charge in [0.2, 0.25) is 0 Å². The molecule has 2 rings (SSSR count). The molecule has 1 fully saturated rings. The van der Waals surface area contributed by atoms with E-state index in [1.165, 1.54) is 12.8 Å². The van der Waals surface area contributed by atoms with Gasteiger partial charge in [-0.2, -0.15) is 8.78 Å². The highest BCUT2D eigenvalue weighted by Crippen LogP contribution is 2.33. The number of nitrogens with one attached hydrogen (secondary N) is 2. The standard InChI is InChI=1S/C20H32F2N4O2/c1-5-23-20(24-12-14(3)26(4)16-10-11-16)25-13-15-8-7-9-17(27-6-2)18(15)28-19(21)22/h7-9,14,16,19H,5-6,10-13H2,1-4H3,(H2,23,24,25).